The number of nitrogens with zero attached hydrogens (tertiary/aromatic N) is 4. The fourth-order valence-electron chi connectivity index (χ4n) is 3.84. The highest BCUT2D eigenvalue weighted by Gasteiger charge is 2.22. The number of carbonyl (C=O) groups excluding carboxylic acids is 2. The SMILES string of the molecule is CCS(=O)c1ncc(C(=O)c2cc(F)c(C)cc2OC)c(N)n1.CCSc1ncc(C(=O)c2cc(F)c(C)cc2OC)c(N)n1. The van der Waals surface area contributed by atoms with Gasteiger partial charge in [0.05, 0.1) is 47.3 Å². The molecule has 0 spiro atoms. The maximum atomic E-state index is 13.8. The Balaban J connectivity index is 0.000000246. The molecule has 0 amide bonds. The summed E-state index contributed by atoms with van der Waals surface area (Å²) < 4.78 is 49.5. The summed E-state index contributed by atoms with van der Waals surface area (Å²) in [7, 11) is 1.43. The molecular formula is C30H32F2N6O5S2. The normalized spacial score (nSPS) is 11.3. The van der Waals surface area contributed by atoms with E-state index in [9.17, 15) is 22.6 Å². The van der Waals surface area contributed by atoms with Gasteiger partial charge in [0.25, 0.3) is 0 Å². The molecule has 11 nitrogen and oxygen atoms in total. The minimum atomic E-state index is -1.38. The van der Waals surface area contributed by atoms with Gasteiger partial charge in [0.2, 0.25) is 16.7 Å². The number of nitrogens with two attached hydrogens (primary N) is 2. The molecule has 0 aliphatic rings. The summed E-state index contributed by atoms with van der Waals surface area (Å²) in [4.78, 5) is 41.1. The Morgan fingerprint density at radius 3 is 1.67 bits per heavy atom. The van der Waals surface area contributed by atoms with Crippen LogP contribution in [0, 0.1) is 25.5 Å². The first-order valence-electron chi connectivity index (χ1n) is 13.4. The minimum absolute atomic E-state index is 0.00315. The Labute approximate surface area is 265 Å². The second-order valence-corrected chi connectivity index (χ2v) is 12.1. The third-order valence-electron chi connectivity index (χ3n) is 6.27. The van der Waals surface area contributed by atoms with Crippen molar-refractivity contribution in [3.63, 3.8) is 0 Å². The van der Waals surface area contributed by atoms with Gasteiger partial charge in [-0.2, -0.15) is 0 Å². The van der Waals surface area contributed by atoms with Crippen molar-refractivity contribution in [3.8, 4) is 11.5 Å². The average Bonchev–Trinajstić information content (AvgIpc) is 3.02. The number of hydrogen-bond donors (Lipinski definition) is 2. The van der Waals surface area contributed by atoms with Crippen LogP contribution in [0.3, 0.4) is 0 Å². The molecule has 0 fully saturated rings. The summed E-state index contributed by atoms with van der Waals surface area (Å²) in [6.07, 6.45) is 2.56. The van der Waals surface area contributed by atoms with Crippen molar-refractivity contribution >= 4 is 45.8 Å². The summed E-state index contributed by atoms with van der Waals surface area (Å²) in [5.74, 6) is -0.436. The molecule has 1 atom stereocenters. The zero-order valence-electron chi connectivity index (χ0n) is 25.4. The first kappa shape index (κ1) is 35.0. The van der Waals surface area contributed by atoms with Crippen LogP contribution in [0.15, 0.2) is 47.0 Å². The number of carbonyl (C=O) groups is 2. The fourth-order valence-corrected chi connectivity index (χ4v) is 5.01. The minimum Gasteiger partial charge on any atom is -0.496 e. The number of anilines is 2. The number of ketones is 2. The van der Waals surface area contributed by atoms with Gasteiger partial charge < -0.3 is 20.9 Å². The van der Waals surface area contributed by atoms with Gasteiger partial charge in [-0.15, -0.1) is 0 Å². The van der Waals surface area contributed by atoms with Gasteiger partial charge in [0, 0.05) is 18.1 Å². The lowest BCUT2D eigenvalue weighted by molar-refractivity contribution is 0.102. The highest BCUT2D eigenvalue weighted by Crippen LogP contribution is 2.28. The Hall–Kier alpha value is -4.50. The lowest BCUT2D eigenvalue weighted by Gasteiger charge is -2.11. The quantitative estimate of drug-likeness (QED) is 0.136. The average molecular weight is 659 g/mol. The third kappa shape index (κ3) is 8.16. The number of aromatic nitrogens is 4. The van der Waals surface area contributed by atoms with Crippen LogP contribution in [-0.2, 0) is 10.8 Å². The smallest absolute Gasteiger partial charge is 0.220 e. The van der Waals surface area contributed by atoms with Crippen LogP contribution in [0.25, 0.3) is 0 Å². The van der Waals surface area contributed by atoms with E-state index in [4.69, 9.17) is 20.9 Å². The number of ether oxygens (including phenoxy) is 2. The Kier molecular flexibility index (Phi) is 12.0. The van der Waals surface area contributed by atoms with Crippen LogP contribution in [0.4, 0.5) is 20.4 Å². The van der Waals surface area contributed by atoms with Crippen molar-refractivity contribution < 1.29 is 32.1 Å². The molecule has 15 heteroatoms. The van der Waals surface area contributed by atoms with Crippen LogP contribution in [0.2, 0.25) is 0 Å². The number of hydrogen-bond acceptors (Lipinski definition) is 12. The first-order chi connectivity index (χ1) is 21.4. The largest absolute Gasteiger partial charge is 0.496 e. The number of nitrogen functional groups attached to an aromatic ring is 2. The zero-order chi connectivity index (χ0) is 33.4. The van der Waals surface area contributed by atoms with E-state index in [2.05, 4.69) is 19.9 Å². The van der Waals surface area contributed by atoms with Gasteiger partial charge >= 0.3 is 0 Å². The number of thioether (sulfide) groups is 1. The van der Waals surface area contributed by atoms with Crippen LogP contribution < -0.4 is 20.9 Å². The third-order valence-corrected chi connectivity index (χ3v) is 8.14. The molecule has 4 rings (SSSR count). The highest BCUT2D eigenvalue weighted by molar-refractivity contribution is 7.99. The lowest BCUT2D eigenvalue weighted by atomic mass is 10.0. The molecule has 0 aliphatic heterocycles. The molecule has 2 aromatic heterocycles. The zero-order valence-corrected chi connectivity index (χ0v) is 27.1. The second kappa shape index (κ2) is 15.5. The number of rotatable bonds is 10. The van der Waals surface area contributed by atoms with E-state index >= 15 is 0 Å². The monoisotopic (exact) mass is 658 g/mol. The molecule has 45 heavy (non-hydrogen) atoms. The van der Waals surface area contributed by atoms with E-state index in [1.807, 2.05) is 6.92 Å². The molecule has 4 aromatic rings. The molecule has 0 saturated carbocycles. The lowest BCUT2D eigenvalue weighted by Crippen LogP contribution is -2.12. The van der Waals surface area contributed by atoms with Crippen molar-refractivity contribution in [2.24, 2.45) is 0 Å². The van der Waals surface area contributed by atoms with E-state index < -0.39 is 34.0 Å². The molecule has 4 N–H and O–H groups in total. The number of benzene rings is 2. The molecular weight excluding hydrogens is 626 g/mol. The van der Waals surface area contributed by atoms with Crippen molar-refractivity contribution in [1.82, 2.24) is 19.9 Å². The van der Waals surface area contributed by atoms with E-state index in [1.165, 1.54) is 50.5 Å². The summed E-state index contributed by atoms with van der Waals surface area (Å²) in [6, 6.07) is 5.14. The van der Waals surface area contributed by atoms with Crippen molar-refractivity contribution in [1.29, 1.82) is 0 Å². The summed E-state index contributed by atoms with van der Waals surface area (Å²) in [6.45, 7) is 6.84. The molecule has 1 unspecified atom stereocenters. The maximum Gasteiger partial charge on any atom is 0.220 e. The molecule has 0 aliphatic carbocycles. The van der Waals surface area contributed by atoms with Crippen molar-refractivity contribution in [2.45, 2.75) is 38.0 Å². The number of aryl methyl sites for hydroxylation is 2. The maximum absolute atomic E-state index is 13.8. The summed E-state index contributed by atoms with van der Waals surface area (Å²) >= 11 is 1.42. The van der Waals surface area contributed by atoms with Gasteiger partial charge in [-0.05, 0) is 55.0 Å². The fraction of sp³-hybridized carbons (Fsp3) is 0.267. The van der Waals surface area contributed by atoms with Crippen LogP contribution in [-0.4, -0.2) is 61.4 Å². The highest BCUT2D eigenvalue weighted by atomic mass is 32.2. The van der Waals surface area contributed by atoms with Gasteiger partial charge in [0.15, 0.2) is 5.16 Å². The summed E-state index contributed by atoms with van der Waals surface area (Å²) in [5, 5.41) is 0.558. The van der Waals surface area contributed by atoms with Gasteiger partial charge in [-0.3, -0.25) is 13.8 Å². The van der Waals surface area contributed by atoms with Crippen molar-refractivity contribution in [3.05, 3.63) is 81.7 Å². The van der Waals surface area contributed by atoms with Crippen LogP contribution in [0.1, 0.15) is 56.8 Å². The van der Waals surface area contributed by atoms with E-state index in [0.29, 0.717) is 22.0 Å². The van der Waals surface area contributed by atoms with E-state index in [1.54, 1.807) is 20.8 Å². The van der Waals surface area contributed by atoms with Gasteiger partial charge in [-0.1, -0.05) is 25.6 Å². The molecule has 2 aromatic carbocycles. The van der Waals surface area contributed by atoms with E-state index in [0.717, 1.165) is 17.9 Å². The van der Waals surface area contributed by atoms with Crippen LogP contribution in [0.5, 0.6) is 11.5 Å². The second-order valence-electron chi connectivity index (χ2n) is 9.23. The Morgan fingerprint density at radius 2 is 1.27 bits per heavy atom. The van der Waals surface area contributed by atoms with Crippen LogP contribution >= 0.6 is 11.8 Å². The topological polar surface area (TPSA) is 173 Å². The standard InChI is InChI=1S/C15H16FN3O3S.C15H16FN3O2S/c1-4-23(21)15-18-7-10(14(17)19-15)13(20)9-6-11(16)8(2)5-12(9)22-3;1-4-22-15-18-7-10(14(17)19-15)13(20)9-6-11(16)8(2)5-12(9)21-3/h5-7H,4H2,1-3H3,(H2,17,18,19);5-7H,4H2,1-3H3,(H2,17,18,19). The predicted molar refractivity (Wildman–Crippen MR) is 168 cm³/mol. The molecule has 0 bridgehead atoms. The Morgan fingerprint density at radius 1 is 0.800 bits per heavy atom. The van der Waals surface area contributed by atoms with E-state index in [-0.39, 0.29) is 50.5 Å². The molecule has 0 saturated heterocycles. The number of halogens is 2. The first-order valence-corrected chi connectivity index (χ1v) is 15.7. The Bertz CT molecular complexity index is 1770. The predicted octanol–water partition coefficient (Wildman–Crippen LogP) is 4.73. The van der Waals surface area contributed by atoms with Crippen molar-refractivity contribution in [2.75, 3.05) is 37.2 Å². The summed E-state index contributed by atoms with van der Waals surface area (Å²) in [5.41, 5.74) is 12.6. The molecule has 0 radical (unpaired) electrons. The molecule has 238 valence electrons. The van der Waals surface area contributed by atoms with Gasteiger partial charge in [-0.25, -0.2) is 28.7 Å². The van der Waals surface area contributed by atoms with Gasteiger partial charge in [0.1, 0.15) is 34.8 Å². The number of methoxy groups -OCH3 is 2. The molecule has 2 heterocycles.